The van der Waals surface area contributed by atoms with E-state index in [1.165, 1.54) is 18.3 Å². The maximum absolute atomic E-state index is 13.6. The molecule has 5 nitrogen and oxygen atoms in total. The molecular weight excluding hydrogens is 369 g/mol. The number of carbonyl (C=O) groups excluding carboxylic acids is 2. The van der Waals surface area contributed by atoms with E-state index in [9.17, 15) is 14.0 Å². The Bertz CT molecular complexity index is 992. The van der Waals surface area contributed by atoms with Gasteiger partial charge in [0.15, 0.2) is 0 Å². The summed E-state index contributed by atoms with van der Waals surface area (Å²) in [4.78, 5) is 30.7. The van der Waals surface area contributed by atoms with Gasteiger partial charge in [0, 0.05) is 31.9 Å². The van der Waals surface area contributed by atoms with Gasteiger partial charge < -0.3 is 10.2 Å². The van der Waals surface area contributed by atoms with E-state index in [0.717, 1.165) is 5.56 Å². The Kier molecular flexibility index (Phi) is 6.68. The molecule has 3 rings (SSSR count). The van der Waals surface area contributed by atoms with Crippen LogP contribution in [0.15, 0.2) is 72.9 Å². The number of amides is 2. The molecule has 29 heavy (non-hydrogen) atoms. The molecule has 0 bridgehead atoms. The van der Waals surface area contributed by atoms with E-state index < -0.39 is 0 Å². The molecule has 1 heterocycles. The topological polar surface area (TPSA) is 62.3 Å². The quantitative estimate of drug-likeness (QED) is 0.671. The Morgan fingerprint density at radius 1 is 1.03 bits per heavy atom. The lowest BCUT2D eigenvalue weighted by Crippen LogP contribution is -2.29. The van der Waals surface area contributed by atoms with E-state index in [2.05, 4.69) is 10.3 Å². The van der Waals surface area contributed by atoms with Crippen LogP contribution in [-0.2, 0) is 13.0 Å². The molecule has 0 radical (unpaired) electrons. The van der Waals surface area contributed by atoms with E-state index in [0.29, 0.717) is 30.6 Å². The minimum Gasteiger partial charge on any atom is -0.352 e. The fourth-order valence-corrected chi connectivity index (χ4v) is 2.93. The Morgan fingerprint density at radius 2 is 1.76 bits per heavy atom. The number of carbonyl (C=O) groups is 2. The van der Waals surface area contributed by atoms with E-state index in [1.54, 1.807) is 36.2 Å². The third kappa shape index (κ3) is 5.48. The second-order valence-corrected chi connectivity index (χ2v) is 6.67. The van der Waals surface area contributed by atoms with Crippen molar-refractivity contribution in [3.8, 4) is 0 Å². The average Bonchev–Trinajstić information content (AvgIpc) is 2.75. The molecule has 6 heteroatoms. The lowest BCUT2D eigenvalue weighted by atomic mass is 10.1. The smallest absolute Gasteiger partial charge is 0.272 e. The average molecular weight is 391 g/mol. The van der Waals surface area contributed by atoms with E-state index in [-0.39, 0.29) is 23.3 Å². The van der Waals surface area contributed by atoms with Crippen LogP contribution in [0.2, 0.25) is 0 Å². The number of rotatable bonds is 7. The van der Waals surface area contributed by atoms with Crippen LogP contribution in [0.5, 0.6) is 0 Å². The molecule has 1 N–H and O–H groups in total. The summed E-state index contributed by atoms with van der Waals surface area (Å²) in [6.07, 6.45) is 1.82. The zero-order chi connectivity index (χ0) is 20.6. The molecule has 0 atom stereocenters. The summed E-state index contributed by atoms with van der Waals surface area (Å²) in [6, 6.07) is 19.1. The SMILES string of the molecule is CN(Cc1ccccc1)C(=O)c1cc(C(=O)NCCc2ccccc2F)ccn1. The third-order valence-corrected chi connectivity index (χ3v) is 4.49. The monoisotopic (exact) mass is 391 g/mol. The first kappa shape index (κ1) is 20.2. The minimum atomic E-state index is -0.330. The molecule has 148 valence electrons. The van der Waals surface area contributed by atoms with Crippen LogP contribution in [0.4, 0.5) is 4.39 Å². The van der Waals surface area contributed by atoms with E-state index in [4.69, 9.17) is 0 Å². The van der Waals surface area contributed by atoms with Crippen LogP contribution in [0.1, 0.15) is 32.0 Å². The molecule has 0 aliphatic carbocycles. The molecule has 2 amide bonds. The van der Waals surface area contributed by atoms with Crippen molar-refractivity contribution in [1.29, 1.82) is 0 Å². The normalized spacial score (nSPS) is 10.4. The van der Waals surface area contributed by atoms with Crippen LogP contribution in [-0.4, -0.2) is 35.3 Å². The van der Waals surface area contributed by atoms with Gasteiger partial charge >= 0.3 is 0 Å². The molecule has 0 saturated carbocycles. The number of aromatic nitrogens is 1. The molecule has 0 spiro atoms. The summed E-state index contributed by atoms with van der Waals surface area (Å²) in [5.74, 6) is -0.890. The zero-order valence-corrected chi connectivity index (χ0v) is 16.1. The van der Waals surface area contributed by atoms with Gasteiger partial charge in [-0.15, -0.1) is 0 Å². The highest BCUT2D eigenvalue weighted by atomic mass is 19.1. The van der Waals surface area contributed by atoms with Crippen LogP contribution >= 0.6 is 0 Å². The van der Waals surface area contributed by atoms with Crippen LogP contribution < -0.4 is 5.32 Å². The third-order valence-electron chi connectivity index (χ3n) is 4.49. The molecule has 3 aromatic rings. The molecule has 0 unspecified atom stereocenters. The minimum absolute atomic E-state index is 0.199. The van der Waals surface area contributed by atoms with Crippen molar-refractivity contribution in [3.63, 3.8) is 0 Å². The summed E-state index contributed by atoms with van der Waals surface area (Å²) < 4.78 is 13.6. The fourth-order valence-electron chi connectivity index (χ4n) is 2.93. The van der Waals surface area contributed by atoms with Gasteiger partial charge in [-0.05, 0) is 35.7 Å². The lowest BCUT2D eigenvalue weighted by Gasteiger charge is -2.17. The second kappa shape index (κ2) is 9.59. The number of halogens is 1. The van der Waals surface area contributed by atoms with Gasteiger partial charge in [0.1, 0.15) is 11.5 Å². The van der Waals surface area contributed by atoms with Gasteiger partial charge in [0.25, 0.3) is 11.8 Å². The molecule has 1 aromatic heterocycles. The number of benzene rings is 2. The second-order valence-electron chi connectivity index (χ2n) is 6.67. The Balaban J connectivity index is 1.60. The standard InChI is InChI=1S/C23H22FN3O2/c1-27(16-17-7-3-2-4-8-17)23(29)21-15-19(12-13-25-21)22(28)26-14-11-18-9-5-6-10-20(18)24/h2-10,12-13,15H,11,14,16H2,1H3,(H,26,28). The molecule has 0 fully saturated rings. The highest BCUT2D eigenvalue weighted by Gasteiger charge is 2.16. The largest absolute Gasteiger partial charge is 0.352 e. The number of hydrogen-bond acceptors (Lipinski definition) is 3. The Labute approximate surface area is 169 Å². The Hall–Kier alpha value is -3.54. The van der Waals surface area contributed by atoms with Gasteiger partial charge in [0.05, 0.1) is 0 Å². The molecule has 0 aliphatic heterocycles. The number of pyridine rings is 1. The molecule has 0 aliphatic rings. The van der Waals surface area contributed by atoms with Crippen LogP contribution in [0.3, 0.4) is 0 Å². The van der Waals surface area contributed by atoms with Crippen molar-refractivity contribution in [2.45, 2.75) is 13.0 Å². The zero-order valence-electron chi connectivity index (χ0n) is 16.1. The first-order valence-corrected chi connectivity index (χ1v) is 9.31. The predicted molar refractivity (Wildman–Crippen MR) is 109 cm³/mol. The summed E-state index contributed by atoms with van der Waals surface area (Å²) >= 11 is 0. The van der Waals surface area contributed by atoms with E-state index >= 15 is 0 Å². The van der Waals surface area contributed by atoms with Crippen molar-refractivity contribution in [2.24, 2.45) is 0 Å². The summed E-state index contributed by atoms with van der Waals surface area (Å²) in [7, 11) is 1.69. The Morgan fingerprint density at radius 3 is 2.52 bits per heavy atom. The molecule has 2 aromatic carbocycles. The van der Waals surface area contributed by atoms with Crippen molar-refractivity contribution in [3.05, 3.63) is 101 Å². The predicted octanol–water partition coefficient (Wildman–Crippen LogP) is 3.47. The van der Waals surface area contributed by atoms with Gasteiger partial charge in [0.2, 0.25) is 0 Å². The summed E-state index contributed by atoms with van der Waals surface area (Å²) in [6.45, 7) is 0.736. The number of nitrogens with zero attached hydrogens (tertiary/aromatic N) is 2. The van der Waals surface area contributed by atoms with Gasteiger partial charge in [-0.1, -0.05) is 48.5 Å². The molecule has 0 saturated heterocycles. The first-order valence-electron chi connectivity index (χ1n) is 9.31. The van der Waals surface area contributed by atoms with Gasteiger partial charge in [-0.25, -0.2) is 4.39 Å². The van der Waals surface area contributed by atoms with Crippen LogP contribution in [0.25, 0.3) is 0 Å². The van der Waals surface area contributed by atoms with Gasteiger partial charge in [-0.2, -0.15) is 0 Å². The number of hydrogen-bond donors (Lipinski definition) is 1. The van der Waals surface area contributed by atoms with Crippen LogP contribution in [0, 0.1) is 5.82 Å². The van der Waals surface area contributed by atoms with Crippen molar-refractivity contribution < 1.29 is 14.0 Å². The van der Waals surface area contributed by atoms with Crippen molar-refractivity contribution >= 4 is 11.8 Å². The first-order chi connectivity index (χ1) is 14.0. The summed E-state index contributed by atoms with van der Waals surface area (Å²) in [5, 5.41) is 2.75. The maximum Gasteiger partial charge on any atom is 0.272 e. The fraction of sp³-hybridized carbons (Fsp3) is 0.174. The highest BCUT2D eigenvalue weighted by Crippen LogP contribution is 2.09. The summed E-state index contributed by atoms with van der Waals surface area (Å²) in [5.41, 5.74) is 2.08. The molecular formula is C23H22FN3O2. The van der Waals surface area contributed by atoms with Crippen molar-refractivity contribution in [2.75, 3.05) is 13.6 Å². The van der Waals surface area contributed by atoms with E-state index in [1.807, 2.05) is 30.3 Å². The van der Waals surface area contributed by atoms with Gasteiger partial charge in [-0.3, -0.25) is 14.6 Å². The van der Waals surface area contributed by atoms with Crippen molar-refractivity contribution in [1.82, 2.24) is 15.2 Å². The number of nitrogens with one attached hydrogen (secondary N) is 1. The highest BCUT2D eigenvalue weighted by molar-refractivity contribution is 5.98. The lowest BCUT2D eigenvalue weighted by molar-refractivity contribution is 0.0779. The maximum atomic E-state index is 13.6.